The number of hydrogen-bond donors (Lipinski definition) is 2. The fraction of sp³-hybridized carbons (Fsp3) is 0.556. The highest BCUT2D eigenvalue weighted by atomic mass is 16.5. The summed E-state index contributed by atoms with van der Waals surface area (Å²) in [6, 6.07) is 8.16. The lowest BCUT2D eigenvalue weighted by Gasteiger charge is -2.24. The summed E-state index contributed by atoms with van der Waals surface area (Å²) in [6.45, 7) is 2.96. The third-order valence-electron chi connectivity index (χ3n) is 6.58. The number of rotatable bonds is 16. The van der Waals surface area contributed by atoms with Crippen LogP contribution in [0, 0.1) is 5.41 Å². The van der Waals surface area contributed by atoms with E-state index in [9.17, 15) is 24.3 Å². The molecule has 1 aliphatic heterocycles. The second-order valence-electron chi connectivity index (χ2n) is 9.31. The lowest BCUT2D eigenvalue weighted by atomic mass is 10.0. The van der Waals surface area contributed by atoms with Crippen LogP contribution in [-0.2, 0) is 28.7 Å². The maximum atomic E-state index is 12.8. The van der Waals surface area contributed by atoms with Crippen molar-refractivity contribution in [1.82, 2.24) is 10.2 Å². The van der Waals surface area contributed by atoms with Crippen LogP contribution < -0.4 is 10.1 Å². The van der Waals surface area contributed by atoms with Gasteiger partial charge in [-0.1, -0.05) is 30.4 Å². The van der Waals surface area contributed by atoms with Crippen molar-refractivity contribution in [1.29, 1.82) is 0 Å². The Morgan fingerprint density at radius 3 is 2.65 bits per heavy atom. The van der Waals surface area contributed by atoms with Gasteiger partial charge in [0.1, 0.15) is 11.8 Å². The lowest BCUT2D eigenvalue weighted by molar-refractivity contribution is -0.149. The van der Waals surface area contributed by atoms with Crippen LogP contribution in [0.5, 0.6) is 5.75 Å². The number of hydrogen-bond acceptors (Lipinski definition) is 7. The van der Waals surface area contributed by atoms with Crippen LogP contribution >= 0.6 is 0 Å². The Morgan fingerprint density at radius 1 is 1.14 bits per heavy atom. The number of piperidine rings is 1. The summed E-state index contributed by atoms with van der Waals surface area (Å²) in [5.74, 6) is -1.24. The third kappa shape index (κ3) is 8.31. The smallest absolute Gasteiger partial charge is 0.326 e. The molecule has 3 atom stereocenters. The molecule has 0 unspecified atom stereocenters. The number of nitrogens with zero attached hydrogens (tertiary/aromatic N) is 1. The average molecular weight is 517 g/mol. The second kappa shape index (κ2) is 13.8. The van der Waals surface area contributed by atoms with Crippen molar-refractivity contribution in [2.75, 3.05) is 33.0 Å². The molecule has 2 N–H and O–H groups in total. The predicted octanol–water partition coefficient (Wildman–Crippen LogP) is 2.32. The number of aliphatic carboxylic acids is 1. The standard InChI is InChI=1S/C27H36N2O8/c1-2-36-25(32)13-7-4-8-14-35-19-27-16-21(26(33)34)29(22(27)17-27)24(31)18-28-23(30)12-9-15-37-20-10-5-3-6-11-20/h3-6,8,10-11,21-22H,2,7,9,12-19H2,1H3,(H,28,30)(H,33,34)/b8-4+/t21-,22-,27+/m0/s1. The Hall–Kier alpha value is -3.40. The molecule has 37 heavy (non-hydrogen) atoms. The predicted molar refractivity (Wildman–Crippen MR) is 134 cm³/mol. The molecule has 0 aromatic heterocycles. The van der Waals surface area contributed by atoms with E-state index in [2.05, 4.69) is 5.32 Å². The van der Waals surface area contributed by atoms with E-state index in [4.69, 9.17) is 14.2 Å². The van der Waals surface area contributed by atoms with E-state index >= 15 is 0 Å². The van der Waals surface area contributed by atoms with E-state index < -0.39 is 17.9 Å². The molecule has 1 saturated carbocycles. The Kier molecular flexibility index (Phi) is 10.5. The molecular formula is C27H36N2O8. The number of allylic oxidation sites excluding steroid dienone is 1. The minimum Gasteiger partial charge on any atom is -0.494 e. The van der Waals surface area contributed by atoms with Gasteiger partial charge in [0, 0.05) is 24.3 Å². The van der Waals surface area contributed by atoms with Crippen molar-refractivity contribution >= 4 is 23.8 Å². The van der Waals surface area contributed by atoms with Crippen molar-refractivity contribution in [2.24, 2.45) is 5.41 Å². The molecule has 1 aromatic rings. The zero-order valence-electron chi connectivity index (χ0n) is 21.2. The molecule has 10 heteroatoms. The normalized spacial score (nSPS) is 21.9. The maximum Gasteiger partial charge on any atom is 0.326 e. The van der Waals surface area contributed by atoms with E-state index in [1.165, 1.54) is 4.90 Å². The van der Waals surface area contributed by atoms with Gasteiger partial charge in [0.05, 0.1) is 33.0 Å². The van der Waals surface area contributed by atoms with Crippen LogP contribution in [0.1, 0.15) is 45.4 Å². The van der Waals surface area contributed by atoms with E-state index in [1.54, 1.807) is 6.92 Å². The summed E-state index contributed by atoms with van der Waals surface area (Å²) in [5, 5.41) is 12.3. The number of carbonyl (C=O) groups is 4. The number of para-hydroxylation sites is 1. The highest BCUT2D eigenvalue weighted by Gasteiger charge is 2.67. The molecule has 2 amide bonds. The van der Waals surface area contributed by atoms with Gasteiger partial charge in [0.25, 0.3) is 0 Å². The monoisotopic (exact) mass is 516 g/mol. The molecule has 0 bridgehead atoms. The molecule has 3 rings (SSSR count). The van der Waals surface area contributed by atoms with Crippen LogP contribution in [0.4, 0.5) is 0 Å². The van der Waals surface area contributed by atoms with Crippen LogP contribution in [0.25, 0.3) is 0 Å². The Labute approximate surface area is 216 Å². The summed E-state index contributed by atoms with van der Waals surface area (Å²) < 4.78 is 16.2. The van der Waals surface area contributed by atoms with Crippen molar-refractivity contribution in [3.8, 4) is 5.75 Å². The number of esters is 1. The molecule has 1 saturated heterocycles. The van der Waals surface area contributed by atoms with Gasteiger partial charge in [-0.2, -0.15) is 0 Å². The van der Waals surface area contributed by atoms with Gasteiger partial charge >= 0.3 is 11.9 Å². The van der Waals surface area contributed by atoms with Crippen LogP contribution in [0.15, 0.2) is 42.5 Å². The van der Waals surface area contributed by atoms with Crippen molar-refractivity contribution in [3.05, 3.63) is 42.5 Å². The van der Waals surface area contributed by atoms with E-state index in [1.807, 2.05) is 42.5 Å². The van der Waals surface area contributed by atoms with Crippen molar-refractivity contribution in [3.63, 3.8) is 0 Å². The maximum absolute atomic E-state index is 12.8. The zero-order valence-corrected chi connectivity index (χ0v) is 21.2. The average Bonchev–Trinajstić information content (AvgIpc) is 3.48. The molecule has 1 aromatic carbocycles. The number of carboxylic acids is 1. The highest BCUT2D eigenvalue weighted by molar-refractivity contribution is 5.89. The molecule has 202 valence electrons. The number of carbonyl (C=O) groups excluding carboxylic acids is 3. The first-order valence-corrected chi connectivity index (χ1v) is 12.7. The number of carboxylic acid groups (broad SMARTS) is 1. The topological polar surface area (TPSA) is 131 Å². The number of benzene rings is 1. The fourth-order valence-corrected chi connectivity index (χ4v) is 4.65. The first-order chi connectivity index (χ1) is 17.9. The Morgan fingerprint density at radius 2 is 1.92 bits per heavy atom. The fourth-order valence-electron chi connectivity index (χ4n) is 4.65. The molecule has 0 spiro atoms. The molecule has 2 fully saturated rings. The molecule has 1 heterocycles. The van der Waals surface area contributed by atoms with Gasteiger partial charge in [-0.25, -0.2) is 4.79 Å². The summed E-state index contributed by atoms with van der Waals surface area (Å²) in [5.41, 5.74) is -0.365. The molecular weight excluding hydrogens is 480 g/mol. The number of nitrogens with one attached hydrogen (secondary N) is 1. The number of fused-ring (bicyclic) bond motifs is 1. The van der Waals surface area contributed by atoms with Crippen LogP contribution in [0.2, 0.25) is 0 Å². The first-order valence-electron chi connectivity index (χ1n) is 12.7. The van der Waals surface area contributed by atoms with E-state index in [0.29, 0.717) is 58.5 Å². The third-order valence-corrected chi connectivity index (χ3v) is 6.58. The number of likely N-dealkylation sites (tertiary alicyclic amines) is 1. The number of ether oxygens (including phenoxy) is 3. The van der Waals surface area contributed by atoms with Crippen molar-refractivity contribution < 1.29 is 38.5 Å². The molecule has 0 radical (unpaired) electrons. The quantitative estimate of drug-likeness (QED) is 0.194. The summed E-state index contributed by atoms with van der Waals surface area (Å²) in [4.78, 5) is 49.5. The zero-order chi connectivity index (χ0) is 26.7. The Bertz CT molecular complexity index is 966. The number of amides is 2. The SMILES string of the molecule is CCOC(=O)CC/C=C/COC[C@@]12C[C@@H]1N(C(=O)CNC(=O)CCCOc1ccccc1)[C@H](C(=O)O)C2. The van der Waals surface area contributed by atoms with Gasteiger partial charge in [0.15, 0.2) is 0 Å². The van der Waals surface area contributed by atoms with Gasteiger partial charge in [-0.15, -0.1) is 0 Å². The van der Waals surface area contributed by atoms with Crippen LogP contribution in [0.3, 0.4) is 0 Å². The first kappa shape index (κ1) is 28.2. The molecule has 1 aliphatic carbocycles. The summed E-state index contributed by atoms with van der Waals surface area (Å²) >= 11 is 0. The lowest BCUT2D eigenvalue weighted by Crippen LogP contribution is -2.47. The van der Waals surface area contributed by atoms with E-state index in [-0.39, 0.29) is 36.3 Å². The van der Waals surface area contributed by atoms with Gasteiger partial charge in [-0.3, -0.25) is 14.4 Å². The van der Waals surface area contributed by atoms with Crippen LogP contribution in [-0.4, -0.2) is 78.8 Å². The van der Waals surface area contributed by atoms with Crippen molar-refractivity contribution in [2.45, 2.75) is 57.5 Å². The minimum absolute atomic E-state index is 0.204. The van der Waals surface area contributed by atoms with E-state index in [0.717, 1.165) is 5.75 Å². The summed E-state index contributed by atoms with van der Waals surface area (Å²) in [6.07, 6.45) is 6.25. The van der Waals surface area contributed by atoms with Gasteiger partial charge < -0.3 is 29.5 Å². The second-order valence-corrected chi connectivity index (χ2v) is 9.31. The highest BCUT2D eigenvalue weighted by Crippen LogP contribution is 2.59. The Balaban J connectivity index is 1.36. The van der Waals surface area contributed by atoms with Gasteiger partial charge in [0.2, 0.25) is 11.8 Å². The molecule has 2 aliphatic rings. The molecule has 10 nitrogen and oxygen atoms in total. The van der Waals surface area contributed by atoms with Gasteiger partial charge in [-0.05, 0) is 44.7 Å². The summed E-state index contributed by atoms with van der Waals surface area (Å²) in [7, 11) is 0. The largest absolute Gasteiger partial charge is 0.494 e. The minimum atomic E-state index is -1.05.